The monoisotopic (exact) mass is 337 g/mol. The van der Waals surface area contributed by atoms with Gasteiger partial charge < -0.3 is 9.88 Å². The van der Waals surface area contributed by atoms with Crippen molar-refractivity contribution in [2.45, 2.75) is 19.8 Å². The van der Waals surface area contributed by atoms with E-state index in [1.54, 1.807) is 11.3 Å². The van der Waals surface area contributed by atoms with Crippen LogP contribution in [0.5, 0.6) is 0 Å². The highest BCUT2D eigenvalue weighted by atomic mass is 32.1. The predicted molar refractivity (Wildman–Crippen MR) is 97.2 cm³/mol. The molecule has 0 bridgehead atoms. The molecule has 0 atom stereocenters. The number of nitrogens with one attached hydrogen (secondary N) is 1. The van der Waals surface area contributed by atoms with Crippen LogP contribution in [-0.2, 0) is 0 Å². The van der Waals surface area contributed by atoms with Gasteiger partial charge in [0.05, 0.1) is 5.69 Å². The zero-order chi connectivity index (χ0) is 16.5. The number of benzene rings is 1. The number of amides is 1. The van der Waals surface area contributed by atoms with Crippen molar-refractivity contribution in [1.82, 2.24) is 14.9 Å². The Morgan fingerprint density at radius 3 is 2.83 bits per heavy atom. The molecular weight excluding hydrogens is 318 g/mol. The molecule has 0 unspecified atom stereocenters. The third kappa shape index (κ3) is 2.87. The maximum absolute atomic E-state index is 12.4. The molecule has 0 aliphatic carbocycles. The van der Waals surface area contributed by atoms with E-state index in [-0.39, 0.29) is 5.91 Å². The third-order valence-electron chi connectivity index (χ3n) is 4.37. The van der Waals surface area contributed by atoms with Gasteiger partial charge in [0.1, 0.15) is 10.7 Å². The maximum atomic E-state index is 12.4. The lowest BCUT2D eigenvalue weighted by Crippen LogP contribution is -2.27. The van der Waals surface area contributed by atoms with Gasteiger partial charge in [-0.3, -0.25) is 4.79 Å². The third-order valence-corrected chi connectivity index (χ3v) is 5.26. The Bertz CT molecular complexity index is 874. The number of aromatic nitrogens is 2. The van der Waals surface area contributed by atoms with Gasteiger partial charge in [-0.15, -0.1) is 11.3 Å². The van der Waals surface area contributed by atoms with Gasteiger partial charge in [-0.1, -0.05) is 23.8 Å². The van der Waals surface area contributed by atoms with Crippen molar-refractivity contribution >= 4 is 17.2 Å². The second kappa shape index (κ2) is 6.24. The summed E-state index contributed by atoms with van der Waals surface area (Å²) < 4.78 is 0. The number of aryl methyl sites for hydroxylation is 1. The van der Waals surface area contributed by atoms with Crippen molar-refractivity contribution in [2.75, 3.05) is 13.1 Å². The summed E-state index contributed by atoms with van der Waals surface area (Å²) in [7, 11) is 0. The van der Waals surface area contributed by atoms with Crippen molar-refractivity contribution in [3.8, 4) is 21.8 Å². The zero-order valence-electron chi connectivity index (χ0n) is 13.6. The molecule has 1 aromatic carbocycles. The molecule has 4 nitrogen and oxygen atoms in total. The van der Waals surface area contributed by atoms with Crippen molar-refractivity contribution in [1.29, 1.82) is 0 Å². The number of carbonyl (C=O) groups excluding carboxylic acids is 1. The molecule has 0 spiro atoms. The molecule has 0 saturated carbocycles. The Kier molecular flexibility index (Phi) is 3.94. The zero-order valence-corrected chi connectivity index (χ0v) is 14.4. The summed E-state index contributed by atoms with van der Waals surface area (Å²) >= 11 is 1.63. The summed E-state index contributed by atoms with van der Waals surface area (Å²) in [5.41, 5.74) is 4.89. The number of hydrogen-bond acceptors (Lipinski definition) is 3. The fraction of sp³-hybridized carbons (Fsp3) is 0.263. The van der Waals surface area contributed by atoms with E-state index in [9.17, 15) is 4.79 Å². The van der Waals surface area contributed by atoms with Gasteiger partial charge in [-0.25, -0.2) is 4.98 Å². The van der Waals surface area contributed by atoms with Crippen molar-refractivity contribution in [3.63, 3.8) is 0 Å². The highest BCUT2D eigenvalue weighted by Gasteiger charge is 2.21. The van der Waals surface area contributed by atoms with Crippen LogP contribution < -0.4 is 0 Å². The summed E-state index contributed by atoms with van der Waals surface area (Å²) in [5, 5.41) is 3.05. The van der Waals surface area contributed by atoms with Gasteiger partial charge >= 0.3 is 0 Å². The standard InChI is InChI=1S/C19H19N3OS/c1-13-5-4-6-14(9-13)18-21-17(12-24-18)15-10-16(20-11-15)19(23)22-7-2-3-8-22/h4-6,9-12,20H,2-3,7-8H2,1H3. The number of thiazole rings is 1. The fourth-order valence-corrected chi connectivity index (χ4v) is 3.90. The van der Waals surface area contributed by atoms with E-state index < -0.39 is 0 Å². The number of likely N-dealkylation sites (tertiary alicyclic amines) is 1. The lowest BCUT2D eigenvalue weighted by atomic mass is 10.1. The molecule has 1 N–H and O–H groups in total. The molecule has 1 aliphatic rings. The van der Waals surface area contributed by atoms with Crippen LogP contribution >= 0.6 is 11.3 Å². The van der Waals surface area contributed by atoms with Crippen LogP contribution in [0.2, 0.25) is 0 Å². The van der Waals surface area contributed by atoms with Gasteiger partial charge in [0.15, 0.2) is 0 Å². The van der Waals surface area contributed by atoms with E-state index in [2.05, 4.69) is 36.2 Å². The largest absolute Gasteiger partial charge is 0.357 e. The molecule has 1 fully saturated rings. The molecule has 122 valence electrons. The summed E-state index contributed by atoms with van der Waals surface area (Å²) in [6.07, 6.45) is 4.08. The molecule has 1 aliphatic heterocycles. The lowest BCUT2D eigenvalue weighted by Gasteiger charge is -2.13. The number of aromatic amines is 1. The average Bonchev–Trinajstić information content (AvgIpc) is 3.34. The minimum Gasteiger partial charge on any atom is -0.357 e. The first-order valence-corrected chi connectivity index (χ1v) is 9.09. The molecule has 24 heavy (non-hydrogen) atoms. The van der Waals surface area contributed by atoms with Gasteiger partial charge in [-0.05, 0) is 31.9 Å². The minimum absolute atomic E-state index is 0.0906. The molecule has 1 amide bonds. The molecule has 4 rings (SSSR count). The van der Waals surface area contributed by atoms with Gasteiger partial charge in [-0.2, -0.15) is 0 Å². The number of rotatable bonds is 3. The molecule has 5 heteroatoms. The Labute approximate surface area is 145 Å². The summed E-state index contributed by atoms with van der Waals surface area (Å²) in [4.78, 5) is 22.2. The molecule has 3 heterocycles. The highest BCUT2D eigenvalue weighted by molar-refractivity contribution is 7.13. The second-order valence-corrected chi connectivity index (χ2v) is 7.07. The molecule has 3 aromatic rings. The van der Waals surface area contributed by atoms with Gasteiger partial charge in [0.2, 0.25) is 0 Å². The topological polar surface area (TPSA) is 49.0 Å². The second-order valence-electron chi connectivity index (χ2n) is 6.21. The maximum Gasteiger partial charge on any atom is 0.270 e. The summed E-state index contributed by atoms with van der Waals surface area (Å²) in [6.45, 7) is 3.81. The predicted octanol–water partition coefficient (Wildman–Crippen LogP) is 4.35. The molecule has 0 radical (unpaired) electrons. The van der Waals surface area contributed by atoms with E-state index in [0.717, 1.165) is 47.8 Å². The van der Waals surface area contributed by atoms with Crippen LogP contribution in [0.15, 0.2) is 41.9 Å². The van der Waals surface area contributed by atoms with Gasteiger partial charge in [0, 0.05) is 35.8 Å². The highest BCUT2D eigenvalue weighted by Crippen LogP contribution is 2.30. The first kappa shape index (κ1) is 15.1. The molecule has 1 saturated heterocycles. The smallest absolute Gasteiger partial charge is 0.270 e. The van der Waals surface area contributed by atoms with E-state index in [1.807, 2.05) is 22.5 Å². The van der Waals surface area contributed by atoms with E-state index in [1.165, 1.54) is 5.56 Å². The number of nitrogens with zero attached hydrogens (tertiary/aromatic N) is 2. The quantitative estimate of drug-likeness (QED) is 0.772. The van der Waals surface area contributed by atoms with Crippen LogP contribution in [-0.4, -0.2) is 33.9 Å². The van der Waals surface area contributed by atoms with E-state index in [0.29, 0.717) is 5.69 Å². The number of carbonyl (C=O) groups is 1. The SMILES string of the molecule is Cc1cccc(-c2nc(-c3c[nH]c(C(=O)N4CCCC4)c3)cs2)c1. The summed E-state index contributed by atoms with van der Waals surface area (Å²) in [5.74, 6) is 0.0906. The van der Waals surface area contributed by atoms with Crippen molar-refractivity contribution in [2.24, 2.45) is 0 Å². The first-order valence-electron chi connectivity index (χ1n) is 8.21. The van der Waals surface area contributed by atoms with Crippen LogP contribution in [0.3, 0.4) is 0 Å². The van der Waals surface area contributed by atoms with E-state index in [4.69, 9.17) is 4.98 Å². The Morgan fingerprint density at radius 2 is 2.04 bits per heavy atom. The van der Waals surface area contributed by atoms with E-state index >= 15 is 0 Å². The van der Waals surface area contributed by atoms with Crippen LogP contribution in [0, 0.1) is 6.92 Å². The lowest BCUT2D eigenvalue weighted by molar-refractivity contribution is 0.0788. The Hall–Kier alpha value is -2.40. The number of hydrogen-bond donors (Lipinski definition) is 1. The summed E-state index contributed by atoms with van der Waals surface area (Å²) in [6, 6.07) is 10.3. The minimum atomic E-state index is 0.0906. The van der Waals surface area contributed by atoms with Crippen molar-refractivity contribution < 1.29 is 4.79 Å². The molecule has 2 aromatic heterocycles. The Balaban J connectivity index is 1.58. The number of H-pyrrole nitrogens is 1. The fourth-order valence-electron chi connectivity index (χ4n) is 3.07. The van der Waals surface area contributed by atoms with Crippen LogP contribution in [0.25, 0.3) is 21.8 Å². The normalized spacial score (nSPS) is 14.3. The van der Waals surface area contributed by atoms with Crippen LogP contribution in [0.1, 0.15) is 28.9 Å². The first-order chi connectivity index (χ1) is 11.7. The van der Waals surface area contributed by atoms with Crippen LogP contribution in [0.4, 0.5) is 0 Å². The van der Waals surface area contributed by atoms with Crippen molar-refractivity contribution in [3.05, 3.63) is 53.2 Å². The van der Waals surface area contributed by atoms with Gasteiger partial charge in [0.25, 0.3) is 5.91 Å². The Morgan fingerprint density at radius 1 is 1.21 bits per heavy atom. The average molecular weight is 337 g/mol. The molecular formula is C19H19N3OS.